The maximum Gasteiger partial charge on any atom is 0.262 e. The van der Waals surface area contributed by atoms with E-state index in [1.54, 1.807) is 9.80 Å². The zero-order chi connectivity index (χ0) is 30.2. The predicted molar refractivity (Wildman–Crippen MR) is 160 cm³/mol. The van der Waals surface area contributed by atoms with E-state index in [1.807, 2.05) is 50.2 Å². The molecule has 220 valence electrons. The van der Waals surface area contributed by atoms with Crippen molar-refractivity contribution < 1.29 is 22.8 Å². The van der Waals surface area contributed by atoms with Crippen LogP contribution in [0.15, 0.2) is 53.4 Å². The standard InChI is InChI=1S/C29H30ClN5O5S2/c1-17(2)9-23(33-28(37)25-11-19-5-3-4-6-24(19)41-25)29(38)35-16-20-12-21(35)15-34(20)27(36)14-32-42(39,40)26-8-7-18(13-31)10-22(26)30/h3-8,10-11,17,20-21,23,32H,9,12,14-16H2,1-2H3,(H,33,37)/t20-,21-,23?/m0/s1. The Morgan fingerprint density at radius 3 is 2.45 bits per heavy atom. The van der Waals surface area contributed by atoms with E-state index in [0.717, 1.165) is 10.1 Å². The summed E-state index contributed by atoms with van der Waals surface area (Å²) < 4.78 is 28.8. The van der Waals surface area contributed by atoms with Crippen LogP contribution in [-0.2, 0) is 19.6 Å². The molecule has 2 aliphatic heterocycles. The van der Waals surface area contributed by atoms with Crippen LogP contribution in [0.25, 0.3) is 10.1 Å². The van der Waals surface area contributed by atoms with E-state index in [1.165, 1.54) is 29.5 Å². The van der Waals surface area contributed by atoms with Crippen LogP contribution in [-0.4, -0.2) is 73.7 Å². The van der Waals surface area contributed by atoms with Gasteiger partial charge in [0, 0.05) is 17.8 Å². The molecule has 2 bridgehead atoms. The number of benzene rings is 2. The maximum atomic E-state index is 13.7. The molecule has 5 rings (SSSR count). The van der Waals surface area contributed by atoms with Crippen molar-refractivity contribution in [1.29, 1.82) is 5.26 Å². The SMILES string of the molecule is CC(C)CC(NC(=O)c1cc2ccccc2s1)C(=O)N1C[C@@H]2C[C@H]1CN2C(=O)CNS(=O)(=O)c1ccc(C#N)cc1Cl. The first-order chi connectivity index (χ1) is 20.0. The van der Waals surface area contributed by atoms with Gasteiger partial charge in [0.15, 0.2) is 0 Å². The van der Waals surface area contributed by atoms with Crippen LogP contribution in [0.5, 0.6) is 0 Å². The summed E-state index contributed by atoms with van der Waals surface area (Å²) in [4.78, 5) is 43.5. The molecule has 3 atom stereocenters. The van der Waals surface area contributed by atoms with E-state index in [-0.39, 0.29) is 51.8 Å². The molecule has 0 saturated carbocycles. The van der Waals surface area contributed by atoms with Crippen molar-refractivity contribution in [3.05, 3.63) is 64.0 Å². The number of piperazine rings is 1. The van der Waals surface area contributed by atoms with Crippen LogP contribution < -0.4 is 10.0 Å². The maximum absolute atomic E-state index is 13.7. The molecule has 0 spiro atoms. The van der Waals surface area contributed by atoms with Gasteiger partial charge in [0.1, 0.15) is 10.9 Å². The normalized spacial score (nSPS) is 18.8. The van der Waals surface area contributed by atoms with E-state index in [0.29, 0.717) is 24.3 Å². The molecular formula is C29H30ClN5O5S2. The van der Waals surface area contributed by atoms with Crippen molar-refractivity contribution in [3.8, 4) is 6.07 Å². The molecule has 1 aromatic heterocycles. The summed E-state index contributed by atoms with van der Waals surface area (Å²) in [5, 5.41) is 12.8. The highest BCUT2D eigenvalue weighted by Gasteiger charge is 2.48. The highest BCUT2D eigenvalue weighted by Crippen LogP contribution is 2.32. The lowest BCUT2D eigenvalue weighted by Crippen LogP contribution is -2.57. The Morgan fingerprint density at radius 2 is 1.81 bits per heavy atom. The third kappa shape index (κ3) is 6.15. The number of rotatable bonds is 9. The van der Waals surface area contributed by atoms with Crippen LogP contribution in [0.3, 0.4) is 0 Å². The summed E-state index contributed by atoms with van der Waals surface area (Å²) in [5.41, 5.74) is 0.220. The van der Waals surface area contributed by atoms with Gasteiger partial charge in [-0.05, 0) is 54.5 Å². The number of carbonyl (C=O) groups excluding carboxylic acids is 3. The minimum atomic E-state index is -4.09. The Morgan fingerprint density at radius 1 is 1.10 bits per heavy atom. The largest absolute Gasteiger partial charge is 0.340 e. The highest BCUT2D eigenvalue weighted by atomic mass is 35.5. The predicted octanol–water partition coefficient (Wildman–Crippen LogP) is 3.36. The Labute approximate surface area is 253 Å². The fourth-order valence-electron chi connectivity index (χ4n) is 5.58. The summed E-state index contributed by atoms with van der Waals surface area (Å²) in [7, 11) is -4.09. The van der Waals surface area contributed by atoms with Crippen molar-refractivity contribution >= 4 is 60.8 Å². The van der Waals surface area contributed by atoms with Crippen LogP contribution in [0, 0.1) is 17.2 Å². The molecule has 10 nitrogen and oxygen atoms in total. The Hall–Kier alpha value is -3.50. The monoisotopic (exact) mass is 627 g/mol. The van der Waals surface area contributed by atoms with Gasteiger partial charge in [-0.1, -0.05) is 43.6 Å². The number of nitrogens with zero attached hydrogens (tertiary/aromatic N) is 3. The number of likely N-dealkylation sites (tertiary alicyclic amines) is 2. The van der Waals surface area contributed by atoms with Gasteiger partial charge in [-0.3, -0.25) is 14.4 Å². The zero-order valence-electron chi connectivity index (χ0n) is 23.0. The number of halogens is 1. The topological polar surface area (TPSA) is 140 Å². The second-order valence-electron chi connectivity index (χ2n) is 11.0. The molecule has 2 fully saturated rings. The minimum absolute atomic E-state index is 0.112. The first kappa shape index (κ1) is 30.0. The van der Waals surface area contributed by atoms with Gasteiger partial charge in [-0.15, -0.1) is 11.3 Å². The molecule has 1 unspecified atom stereocenters. The first-order valence-electron chi connectivity index (χ1n) is 13.6. The van der Waals surface area contributed by atoms with E-state index in [2.05, 4.69) is 10.0 Å². The second kappa shape index (κ2) is 12.0. The quantitative estimate of drug-likeness (QED) is 0.373. The number of sulfonamides is 1. The van der Waals surface area contributed by atoms with Crippen molar-refractivity contribution in [1.82, 2.24) is 19.8 Å². The summed E-state index contributed by atoms with van der Waals surface area (Å²) in [6, 6.07) is 14.1. The zero-order valence-corrected chi connectivity index (χ0v) is 25.4. The minimum Gasteiger partial charge on any atom is -0.340 e. The van der Waals surface area contributed by atoms with Crippen molar-refractivity contribution in [2.24, 2.45) is 5.92 Å². The smallest absolute Gasteiger partial charge is 0.262 e. The van der Waals surface area contributed by atoms with Crippen LogP contribution >= 0.6 is 22.9 Å². The molecular weight excluding hydrogens is 598 g/mol. The van der Waals surface area contributed by atoms with Gasteiger partial charge in [0.2, 0.25) is 21.8 Å². The molecule has 2 N–H and O–H groups in total. The van der Waals surface area contributed by atoms with Gasteiger partial charge in [-0.25, -0.2) is 13.1 Å². The van der Waals surface area contributed by atoms with Crippen LogP contribution in [0.1, 0.15) is 41.9 Å². The third-order valence-corrected chi connectivity index (χ3v) is 10.6. The van der Waals surface area contributed by atoms with Gasteiger partial charge < -0.3 is 15.1 Å². The van der Waals surface area contributed by atoms with E-state index < -0.39 is 28.5 Å². The second-order valence-corrected chi connectivity index (χ2v) is 14.2. The fourth-order valence-corrected chi connectivity index (χ4v) is 8.07. The third-order valence-electron chi connectivity index (χ3n) is 7.57. The number of hydrogen-bond acceptors (Lipinski definition) is 7. The number of amides is 3. The van der Waals surface area contributed by atoms with E-state index >= 15 is 0 Å². The van der Waals surface area contributed by atoms with Gasteiger partial charge in [0.25, 0.3) is 5.91 Å². The summed E-state index contributed by atoms with van der Waals surface area (Å²) in [6.45, 7) is 4.13. The number of hydrogen-bond donors (Lipinski definition) is 2. The molecule has 2 saturated heterocycles. The Balaban J connectivity index is 1.20. The number of carbonyl (C=O) groups is 3. The van der Waals surface area contributed by atoms with Crippen molar-refractivity contribution in [2.75, 3.05) is 19.6 Å². The summed E-state index contributed by atoms with van der Waals surface area (Å²) in [5.74, 6) is -0.697. The summed E-state index contributed by atoms with van der Waals surface area (Å²) in [6.07, 6.45) is 1.07. The number of fused-ring (bicyclic) bond motifs is 3. The lowest BCUT2D eigenvalue weighted by molar-refractivity contribution is -0.140. The molecule has 2 aliphatic rings. The van der Waals surface area contributed by atoms with Gasteiger partial charge in [0.05, 0.1) is 40.2 Å². The number of nitriles is 1. The van der Waals surface area contributed by atoms with Crippen LogP contribution in [0.2, 0.25) is 5.02 Å². The average Bonchev–Trinajstić information content (AvgIpc) is 3.69. The van der Waals surface area contributed by atoms with Gasteiger partial charge in [-0.2, -0.15) is 5.26 Å². The molecule has 0 aliphatic carbocycles. The molecule has 13 heteroatoms. The molecule has 3 aromatic rings. The number of nitrogens with one attached hydrogen (secondary N) is 2. The lowest BCUT2D eigenvalue weighted by atomic mass is 10.0. The lowest BCUT2D eigenvalue weighted by Gasteiger charge is -2.36. The Bertz CT molecular complexity index is 1670. The van der Waals surface area contributed by atoms with Crippen LogP contribution in [0.4, 0.5) is 0 Å². The van der Waals surface area contributed by atoms with Gasteiger partial charge >= 0.3 is 0 Å². The average molecular weight is 628 g/mol. The fraction of sp³-hybridized carbons (Fsp3) is 0.379. The molecule has 3 amide bonds. The first-order valence-corrected chi connectivity index (χ1v) is 16.2. The highest BCUT2D eigenvalue weighted by molar-refractivity contribution is 7.89. The van der Waals surface area contributed by atoms with E-state index in [4.69, 9.17) is 16.9 Å². The molecule has 0 radical (unpaired) electrons. The molecule has 42 heavy (non-hydrogen) atoms. The number of thiophene rings is 1. The summed E-state index contributed by atoms with van der Waals surface area (Å²) >= 11 is 7.43. The van der Waals surface area contributed by atoms with Crippen molar-refractivity contribution in [2.45, 2.75) is 49.7 Å². The molecule has 3 heterocycles. The van der Waals surface area contributed by atoms with Crippen molar-refractivity contribution in [3.63, 3.8) is 0 Å². The Kier molecular flexibility index (Phi) is 8.57. The molecule has 2 aromatic carbocycles. The van der Waals surface area contributed by atoms with E-state index in [9.17, 15) is 22.8 Å².